The molecule has 3 heterocycles. The molecule has 1 aromatic carbocycles. The first-order valence-electron chi connectivity index (χ1n) is 8.42. The van der Waals surface area contributed by atoms with Crippen LogP contribution in [-0.2, 0) is 0 Å². The molecule has 6 N–H and O–H groups in total. The number of nitrogen functional groups attached to an aromatic ring is 2. The lowest BCUT2D eigenvalue weighted by Crippen LogP contribution is -2.33. The third kappa shape index (κ3) is 2.93. The highest BCUT2D eigenvalue weighted by atomic mass is 16.5. The Morgan fingerprint density at radius 1 is 1.21 bits per heavy atom. The molecule has 3 aromatic rings. The van der Waals surface area contributed by atoms with Gasteiger partial charge in [0.15, 0.2) is 12.0 Å². The molecule has 0 saturated heterocycles. The van der Waals surface area contributed by atoms with Gasteiger partial charge in [0.05, 0.1) is 5.69 Å². The van der Waals surface area contributed by atoms with E-state index in [9.17, 15) is 5.26 Å². The zero-order chi connectivity index (χ0) is 20.5. The van der Waals surface area contributed by atoms with Gasteiger partial charge in [0, 0.05) is 11.1 Å². The Balaban J connectivity index is 1.98. The summed E-state index contributed by atoms with van der Waals surface area (Å²) in [4.78, 5) is 13.1. The zero-order valence-corrected chi connectivity index (χ0v) is 15.1. The van der Waals surface area contributed by atoms with E-state index in [2.05, 4.69) is 30.8 Å². The normalized spacial score (nSPS) is 14.7. The van der Waals surface area contributed by atoms with Crippen molar-refractivity contribution in [2.45, 2.75) is 13.0 Å². The Morgan fingerprint density at radius 2 is 2.00 bits per heavy atom. The molecule has 0 bridgehead atoms. The maximum absolute atomic E-state index is 9.43. The number of aliphatic imine (C=N–C) groups is 1. The van der Waals surface area contributed by atoms with Crippen LogP contribution in [-0.4, -0.2) is 21.1 Å². The minimum atomic E-state index is -0.703. The Bertz CT molecular complexity index is 1230. The number of nitrogens with two attached hydrogens (primary N) is 2. The molecule has 0 fully saturated rings. The average Bonchev–Trinajstić information content (AvgIpc) is 3.14. The quantitative estimate of drug-likeness (QED) is 0.370. The predicted molar refractivity (Wildman–Crippen MR) is 104 cm³/mol. The Morgan fingerprint density at radius 3 is 2.69 bits per heavy atom. The van der Waals surface area contributed by atoms with Gasteiger partial charge in [-0.2, -0.15) is 15.5 Å². The SMILES string of the molecule is Cc1noc(-c2ccccc2C2N=C(NC#N)Nc3nc(N)c(C#N)c(N)c32)n1. The highest BCUT2D eigenvalue weighted by molar-refractivity contribution is 5.98. The summed E-state index contributed by atoms with van der Waals surface area (Å²) in [6.45, 7) is 1.71. The van der Waals surface area contributed by atoms with E-state index in [4.69, 9.17) is 21.3 Å². The molecule has 2 aromatic heterocycles. The van der Waals surface area contributed by atoms with E-state index in [1.165, 1.54) is 0 Å². The van der Waals surface area contributed by atoms with E-state index < -0.39 is 6.04 Å². The van der Waals surface area contributed by atoms with E-state index in [1.807, 2.05) is 36.5 Å². The smallest absolute Gasteiger partial charge is 0.258 e. The maximum atomic E-state index is 9.43. The average molecular weight is 386 g/mol. The van der Waals surface area contributed by atoms with Gasteiger partial charge in [-0.15, -0.1) is 0 Å². The molecule has 0 amide bonds. The lowest BCUT2D eigenvalue weighted by atomic mass is 9.92. The second-order valence-corrected chi connectivity index (χ2v) is 6.14. The van der Waals surface area contributed by atoms with Gasteiger partial charge < -0.3 is 21.3 Å². The fourth-order valence-electron chi connectivity index (χ4n) is 3.14. The minimum absolute atomic E-state index is 0.0194. The third-order valence-electron chi connectivity index (χ3n) is 4.37. The summed E-state index contributed by atoms with van der Waals surface area (Å²) in [5.41, 5.74) is 14.1. The highest BCUT2D eigenvalue weighted by Crippen LogP contribution is 2.42. The molecule has 0 spiro atoms. The van der Waals surface area contributed by atoms with E-state index >= 15 is 0 Å². The van der Waals surface area contributed by atoms with Crippen LogP contribution < -0.4 is 22.1 Å². The second kappa shape index (κ2) is 6.83. The standard InChI is InChI=1S/C18H14N10O/c1-8-24-17(29-28-8)10-5-3-2-4-9(10)14-12-13(21)11(6-19)15(22)26-16(12)27-18(25-14)23-7-20/h2-5,14H,1H3,(H6,21,22,23,25,26,27). The number of fused-ring (bicyclic) bond motifs is 1. The van der Waals surface area contributed by atoms with Crippen molar-refractivity contribution in [3.8, 4) is 23.7 Å². The van der Waals surface area contributed by atoms with E-state index in [-0.39, 0.29) is 23.0 Å². The van der Waals surface area contributed by atoms with E-state index in [1.54, 1.807) is 6.92 Å². The van der Waals surface area contributed by atoms with Gasteiger partial charge in [0.2, 0.25) is 5.96 Å². The number of nitrogens with one attached hydrogen (secondary N) is 2. The summed E-state index contributed by atoms with van der Waals surface area (Å²) in [6.07, 6.45) is 1.81. The first-order chi connectivity index (χ1) is 14.0. The summed E-state index contributed by atoms with van der Waals surface area (Å²) in [5, 5.41) is 27.6. The van der Waals surface area contributed by atoms with Crippen molar-refractivity contribution in [3.63, 3.8) is 0 Å². The van der Waals surface area contributed by atoms with Crippen LogP contribution in [0.5, 0.6) is 0 Å². The van der Waals surface area contributed by atoms with Crippen molar-refractivity contribution in [2.75, 3.05) is 16.8 Å². The molecule has 4 rings (SSSR count). The Labute approximate surface area is 164 Å². The molecule has 29 heavy (non-hydrogen) atoms. The molecule has 0 aliphatic carbocycles. The fourth-order valence-corrected chi connectivity index (χ4v) is 3.14. The highest BCUT2D eigenvalue weighted by Gasteiger charge is 2.31. The number of guanidine groups is 1. The van der Waals surface area contributed by atoms with Crippen LogP contribution in [0.1, 0.15) is 28.6 Å². The summed E-state index contributed by atoms with van der Waals surface area (Å²) in [6, 6.07) is 8.55. The summed E-state index contributed by atoms with van der Waals surface area (Å²) < 4.78 is 5.33. The van der Waals surface area contributed by atoms with E-state index in [0.717, 1.165) is 0 Å². The first-order valence-corrected chi connectivity index (χ1v) is 8.42. The molecular formula is C18H14N10O. The Hall–Kier alpha value is -4.64. The largest absolute Gasteiger partial charge is 0.397 e. The number of rotatable bonds is 2. The van der Waals surface area contributed by atoms with Crippen LogP contribution in [0.3, 0.4) is 0 Å². The van der Waals surface area contributed by atoms with Gasteiger partial charge in [-0.1, -0.05) is 23.4 Å². The number of pyridine rings is 1. The number of aryl methyl sites for hydroxylation is 1. The number of anilines is 3. The van der Waals surface area contributed by atoms with Gasteiger partial charge in [-0.05, 0) is 18.6 Å². The topological polar surface area (TPSA) is 188 Å². The lowest BCUT2D eigenvalue weighted by Gasteiger charge is -2.27. The molecule has 0 saturated carbocycles. The minimum Gasteiger partial charge on any atom is -0.397 e. The number of nitriles is 2. The lowest BCUT2D eigenvalue weighted by molar-refractivity contribution is 0.425. The van der Waals surface area contributed by atoms with Crippen LogP contribution in [0.4, 0.5) is 17.3 Å². The zero-order valence-electron chi connectivity index (χ0n) is 15.1. The van der Waals surface area contributed by atoms with Gasteiger partial charge >= 0.3 is 0 Å². The molecule has 1 atom stereocenters. The maximum Gasteiger partial charge on any atom is 0.258 e. The molecule has 1 aliphatic rings. The number of aromatic nitrogens is 3. The van der Waals surface area contributed by atoms with Crippen molar-refractivity contribution in [1.82, 2.24) is 20.4 Å². The fraction of sp³-hybridized carbons (Fsp3) is 0.111. The Kier molecular flexibility index (Phi) is 4.18. The molecule has 142 valence electrons. The van der Waals surface area contributed by atoms with Gasteiger partial charge in [-0.3, -0.25) is 5.32 Å². The number of hydrogen-bond acceptors (Lipinski definition) is 11. The van der Waals surface area contributed by atoms with Crippen LogP contribution >= 0.6 is 0 Å². The van der Waals surface area contributed by atoms with Crippen molar-refractivity contribution in [2.24, 2.45) is 4.99 Å². The molecule has 11 nitrogen and oxygen atoms in total. The van der Waals surface area contributed by atoms with E-state index in [0.29, 0.717) is 34.2 Å². The summed E-state index contributed by atoms with van der Waals surface area (Å²) >= 11 is 0. The second-order valence-electron chi connectivity index (χ2n) is 6.14. The van der Waals surface area contributed by atoms with Crippen molar-refractivity contribution in [1.29, 1.82) is 10.5 Å². The van der Waals surface area contributed by atoms with Crippen molar-refractivity contribution in [3.05, 3.63) is 46.8 Å². The van der Waals surface area contributed by atoms with Gasteiger partial charge in [0.25, 0.3) is 5.89 Å². The van der Waals surface area contributed by atoms with Crippen LogP contribution in [0, 0.1) is 29.7 Å². The summed E-state index contributed by atoms with van der Waals surface area (Å²) in [7, 11) is 0. The summed E-state index contributed by atoms with van der Waals surface area (Å²) in [5.74, 6) is 1.24. The number of hydrogen-bond donors (Lipinski definition) is 4. The third-order valence-corrected chi connectivity index (χ3v) is 4.37. The number of benzene rings is 1. The monoisotopic (exact) mass is 386 g/mol. The molecule has 1 aliphatic heterocycles. The van der Waals surface area contributed by atoms with Gasteiger partial charge in [-0.25, -0.2) is 9.98 Å². The molecule has 1 unspecified atom stereocenters. The predicted octanol–water partition coefficient (Wildman–Crippen LogP) is 1.42. The van der Waals surface area contributed by atoms with Crippen LogP contribution in [0.2, 0.25) is 0 Å². The molecule has 0 radical (unpaired) electrons. The molecule has 11 heteroatoms. The van der Waals surface area contributed by atoms with Gasteiger partial charge in [0.1, 0.15) is 29.3 Å². The first kappa shape index (κ1) is 17.8. The van der Waals surface area contributed by atoms with Crippen molar-refractivity contribution < 1.29 is 4.52 Å². The van der Waals surface area contributed by atoms with Crippen molar-refractivity contribution >= 4 is 23.3 Å². The number of nitrogens with zero attached hydrogens (tertiary/aromatic N) is 6. The van der Waals surface area contributed by atoms with Crippen LogP contribution in [0.25, 0.3) is 11.5 Å². The molecular weight excluding hydrogens is 372 g/mol. The van der Waals surface area contributed by atoms with Crippen LogP contribution in [0.15, 0.2) is 33.8 Å².